The van der Waals surface area contributed by atoms with E-state index < -0.39 is 5.97 Å². The highest BCUT2D eigenvalue weighted by Gasteiger charge is 2.10. The van der Waals surface area contributed by atoms with Gasteiger partial charge in [0.15, 0.2) is 0 Å². The topological polar surface area (TPSA) is 66.4 Å². The van der Waals surface area contributed by atoms with Crippen molar-refractivity contribution < 1.29 is 14.7 Å². The van der Waals surface area contributed by atoms with Crippen LogP contribution >= 0.6 is 27.3 Å². The van der Waals surface area contributed by atoms with Gasteiger partial charge in [-0.05, 0) is 46.3 Å². The molecule has 0 aliphatic carbocycles. The van der Waals surface area contributed by atoms with Gasteiger partial charge in [0, 0.05) is 11.0 Å². The summed E-state index contributed by atoms with van der Waals surface area (Å²) < 4.78 is 0.980. The number of thiophene rings is 1. The maximum atomic E-state index is 11.8. The molecule has 0 atom stereocenters. The molecule has 0 bridgehead atoms. The standard InChI is InChI=1S/C14H10BrNO3S/c15-12-7-5-9(20-12)6-8-13(17)16-11-4-2-1-3-10(11)14(18)19/h1-8H,(H,16,17)(H,18,19)/b8-6+. The quantitative estimate of drug-likeness (QED) is 0.821. The molecule has 4 nitrogen and oxygen atoms in total. The molecule has 1 amide bonds. The van der Waals surface area contributed by atoms with Gasteiger partial charge in [0.05, 0.1) is 15.0 Å². The number of rotatable bonds is 4. The summed E-state index contributed by atoms with van der Waals surface area (Å²) in [4.78, 5) is 23.7. The molecule has 0 saturated carbocycles. The summed E-state index contributed by atoms with van der Waals surface area (Å²) in [5, 5.41) is 11.6. The van der Waals surface area contributed by atoms with Gasteiger partial charge in [-0.3, -0.25) is 4.79 Å². The number of hydrogen-bond donors (Lipinski definition) is 2. The second kappa shape index (κ2) is 6.49. The van der Waals surface area contributed by atoms with E-state index in [0.717, 1.165) is 8.66 Å². The van der Waals surface area contributed by atoms with Crippen molar-refractivity contribution in [1.29, 1.82) is 0 Å². The van der Waals surface area contributed by atoms with Crippen LogP contribution in [0.1, 0.15) is 15.2 Å². The van der Waals surface area contributed by atoms with E-state index >= 15 is 0 Å². The monoisotopic (exact) mass is 351 g/mol. The Balaban J connectivity index is 2.09. The third-order valence-electron chi connectivity index (χ3n) is 2.41. The summed E-state index contributed by atoms with van der Waals surface area (Å²) in [5.74, 6) is -1.45. The molecule has 0 aliphatic heterocycles. The highest BCUT2D eigenvalue weighted by molar-refractivity contribution is 9.11. The van der Waals surface area contributed by atoms with Gasteiger partial charge >= 0.3 is 5.97 Å². The van der Waals surface area contributed by atoms with Crippen LogP contribution in [0.5, 0.6) is 0 Å². The first kappa shape index (κ1) is 14.5. The van der Waals surface area contributed by atoms with Gasteiger partial charge in [0.2, 0.25) is 5.91 Å². The van der Waals surface area contributed by atoms with Crippen LogP contribution in [0.25, 0.3) is 6.08 Å². The molecule has 0 aliphatic rings. The van der Waals surface area contributed by atoms with Crippen LogP contribution in [-0.4, -0.2) is 17.0 Å². The summed E-state index contributed by atoms with van der Waals surface area (Å²) in [6.45, 7) is 0. The maximum Gasteiger partial charge on any atom is 0.337 e. The lowest BCUT2D eigenvalue weighted by molar-refractivity contribution is -0.111. The lowest BCUT2D eigenvalue weighted by Gasteiger charge is -2.05. The van der Waals surface area contributed by atoms with E-state index in [1.54, 1.807) is 24.3 Å². The van der Waals surface area contributed by atoms with Crippen LogP contribution < -0.4 is 5.32 Å². The number of amides is 1. The molecule has 0 fully saturated rings. The fourth-order valence-corrected chi connectivity index (χ4v) is 2.86. The van der Waals surface area contributed by atoms with Crippen LogP contribution in [0.2, 0.25) is 0 Å². The molecule has 1 aromatic carbocycles. The second-order valence-corrected chi connectivity index (χ2v) is 6.31. The van der Waals surface area contributed by atoms with Gasteiger partial charge in [0.1, 0.15) is 0 Å². The van der Waals surface area contributed by atoms with Crippen molar-refractivity contribution in [2.75, 3.05) is 5.32 Å². The third-order valence-corrected chi connectivity index (χ3v) is 4.00. The number of nitrogens with one attached hydrogen (secondary N) is 1. The Morgan fingerprint density at radius 1 is 1.20 bits per heavy atom. The lowest BCUT2D eigenvalue weighted by Crippen LogP contribution is -2.11. The third kappa shape index (κ3) is 3.79. The number of hydrogen-bond acceptors (Lipinski definition) is 3. The predicted octanol–water partition coefficient (Wildman–Crippen LogP) is 3.86. The molecule has 6 heteroatoms. The number of carbonyl (C=O) groups is 2. The van der Waals surface area contributed by atoms with Crippen LogP contribution in [0, 0.1) is 0 Å². The molecule has 0 saturated heterocycles. The van der Waals surface area contributed by atoms with E-state index in [2.05, 4.69) is 21.2 Å². The first-order chi connectivity index (χ1) is 9.56. The Morgan fingerprint density at radius 2 is 1.95 bits per heavy atom. The van der Waals surface area contributed by atoms with Crippen molar-refractivity contribution >= 4 is 50.9 Å². The molecular formula is C14H10BrNO3S. The van der Waals surface area contributed by atoms with E-state index in [-0.39, 0.29) is 17.2 Å². The fraction of sp³-hybridized carbons (Fsp3) is 0. The van der Waals surface area contributed by atoms with Crippen molar-refractivity contribution in [1.82, 2.24) is 0 Å². The molecule has 2 rings (SSSR count). The zero-order chi connectivity index (χ0) is 14.5. The van der Waals surface area contributed by atoms with E-state index in [1.165, 1.54) is 23.5 Å². The molecule has 2 aromatic rings. The van der Waals surface area contributed by atoms with E-state index in [4.69, 9.17) is 5.11 Å². The van der Waals surface area contributed by atoms with Crippen LogP contribution in [0.3, 0.4) is 0 Å². The number of anilines is 1. The Labute approximate surface area is 127 Å². The highest BCUT2D eigenvalue weighted by atomic mass is 79.9. The first-order valence-electron chi connectivity index (χ1n) is 5.63. The van der Waals surface area contributed by atoms with Gasteiger partial charge in [-0.2, -0.15) is 0 Å². The maximum absolute atomic E-state index is 11.8. The van der Waals surface area contributed by atoms with Crippen molar-refractivity contribution in [3.63, 3.8) is 0 Å². The summed E-state index contributed by atoms with van der Waals surface area (Å²) in [5.41, 5.74) is 0.343. The Hall–Kier alpha value is -1.92. The summed E-state index contributed by atoms with van der Waals surface area (Å²) in [6, 6.07) is 10.0. The first-order valence-corrected chi connectivity index (χ1v) is 7.24. The number of carboxylic acids is 1. The number of carboxylic acid groups (broad SMARTS) is 1. The Morgan fingerprint density at radius 3 is 2.60 bits per heavy atom. The van der Waals surface area contributed by atoms with Gasteiger partial charge in [-0.15, -0.1) is 11.3 Å². The number of benzene rings is 1. The minimum atomic E-state index is -1.08. The van der Waals surface area contributed by atoms with Crippen molar-refractivity contribution in [2.45, 2.75) is 0 Å². The smallest absolute Gasteiger partial charge is 0.337 e. The molecule has 2 N–H and O–H groups in total. The van der Waals surface area contributed by atoms with Crippen molar-refractivity contribution in [3.05, 3.63) is 56.7 Å². The van der Waals surface area contributed by atoms with Gasteiger partial charge in [-0.25, -0.2) is 4.79 Å². The summed E-state index contributed by atoms with van der Waals surface area (Å²) in [7, 11) is 0. The van der Waals surface area contributed by atoms with E-state index in [0.29, 0.717) is 0 Å². The molecular weight excluding hydrogens is 342 g/mol. The summed E-state index contributed by atoms with van der Waals surface area (Å²) >= 11 is 4.84. The largest absolute Gasteiger partial charge is 0.478 e. The number of halogens is 1. The highest BCUT2D eigenvalue weighted by Crippen LogP contribution is 2.23. The van der Waals surface area contributed by atoms with E-state index in [1.807, 2.05) is 12.1 Å². The average molecular weight is 352 g/mol. The van der Waals surface area contributed by atoms with Crippen molar-refractivity contribution in [2.24, 2.45) is 0 Å². The molecule has 0 spiro atoms. The number of aromatic carboxylic acids is 1. The van der Waals surface area contributed by atoms with Gasteiger partial charge in [0.25, 0.3) is 0 Å². The minimum Gasteiger partial charge on any atom is -0.478 e. The predicted molar refractivity (Wildman–Crippen MR) is 83.1 cm³/mol. The number of para-hydroxylation sites is 1. The van der Waals surface area contributed by atoms with Crippen LogP contribution in [-0.2, 0) is 4.79 Å². The van der Waals surface area contributed by atoms with Crippen LogP contribution in [0.15, 0.2) is 46.3 Å². The second-order valence-electron chi connectivity index (χ2n) is 3.82. The molecule has 0 unspecified atom stereocenters. The van der Waals surface area contributed by atoms with Gasteiger partial charge in [-0.1, -0.05) is 12.1 Å². The SMILES string of the molecule is O=C(/C=C/c1ccc(Br)s1)Nc1ccccc1C(=O)O. The summed E-state index contributed by atoms with van der Waals surface area (Å²) in [6.07, 6.45) is 3.05. The molecule has 1 heterocycles. The van der Waals surface area contributed by atoms with Crippen molar-refractivity contribution in [3.8, 4) is 0 Å². The molecule has 20 heavy (non-hydrogen) atoms. The fourth-order valence-electron chi connectivity index (χ4n) is 1.53. The molecule has 0 radical (unpaired) electrons. The number of carbonyl (C=O) groups excluding carboxylic acids is 1. The lowest BCUT2D eigenvalue weighted by atomic mass is 10.2. The average Bonchev–Trinajstić information content (AvgIpc) is 2.83. The zero-order valence-corrected chi connectivity index (χ0v) is 12.6. The minimum absolute atomic E-state index is 0.0631. The normalized spacial score (nSPS) is 10.7. The molecule has 1 aromatic heterocycles. The van der Waals surface area contributed by atoms with E-state index in [9.17, 15) is 9.59 Å². The Bertz CT molecular complexity index is 679. The molecule has 102 valence electrons. The van der Waals surface area contributed by atoms with Gasteiger partial charge < -0.3 is 10.4 Å². The Kier molecular flexibility index (Phi) is 4.70. The zero-order valence-electron chi connectivity index (χ0n) is 10.2. The van der Waals surface area contributed by atoms with Crippen LogP contribution in [0.4, 0.5) is 5.69 Å².